The van der Waals surface area contributed by atoms with Crippen LogP contribution in [0.4, 0.5) is 5.69 Å². The molecule has 1 heterocycles. The Labute approximate surface area is 147 Å². The molecule has 0 saturated carbocycles. The van der Waals surface area contributed by atoms with Gasteiger partial charge < -0.3 is 15.1 Å². The number of halogens is 1. The van der Waals surface area contributed by atoms with Gasteiger partial charge in [-0.1, -0.05) is 46.3 Å². The van der Waals surface area contributed by atoms with E-state index in [1.807, 2.05) is 36.4 Å². The average Bonchev–Trinajstić information content (AvgIpc) is 2.55. The van der Waals surface area contributed by atoms with Crippen molar-refractivity contribution in [2.45, 2.75) is 24.9 Å². The second-order valence-electron chi connectivity index (χ2n) is 5.82. The molecule has 2 aromatic rings. The largest absolute Gasteiger partial charge is 0.479 e. The second kappa shape index (κ2) is 6.28. The molecule has 0 amide bonds. The van der Waals surface area contributed by atoms with Crippen molar-refractivity contribution in [3.63, 3.8) is 0 Å². The van der Waals surface area contributed by atoms with E-state index in [1.165, 1.54) is 4.90 Å². The Morgan fingerprint density at radius 3 is 2.38 bits per heavy atom. The number of benzene rings is 2. The Morgan fingerprint density at radius 2 is 1.75 bits per heavy atom. The number of carbonyl (C=O) groups is 2. The zero-order valence-corrected chi connectivity index (χ0v) is 14.4. The summed E-state index contributed by atoms with van der Waals surface area (Å²) in [7, 11) is 0. The first kappa shape index (κ1) is 16.5. The number of fused-ring (bicyclic) bond motifs is 1. The number of aliphatic carboxylic acids is 2. The van der Waals surface area contributed by atoms with Crippen molar-refractivity contribution in [3.8, 4) is 0 Å². The van der Waals surface area contributed by atoms with Gasteiger partial charge in [0.25, 0.3) is 0 Å². The van der Waals surface area contributed by atoms with Gasteiger partial charge in [0, 0.05) is 16.7 Å². The Morgan fingerprint density at radius 1 is 1.08 bits per heavy atom. The SMILES string of the molecule is O=C(O)C1(C(=O)O)CCc2cc(Br)ccc2N1Cc1ccccc1. The molecule has 6 heteroatoms. The highest BCUT2D eigenvalue weighted by Gasteiger charge is 2.54. The van der Waals surface area contributed by atoms with Crippen LogP contribution in [-0.4, -0.2) is 27.7 Å². The second-order valence-corrected chi connectivity index (χ2v) is 6.73. The van der Waals surface area contributed by atoms with Gasteiger partial charge in [-0.3, -0.25) is 0 Å². The lowest BCUT2D eigenvalue weighted by Crippen LogP contribution is -2.62. The average molecular weight is 390 g/mol. The van der Waals surface area contributed by atoms with E-state index in [0.717, 1.165) is 15.6 Å². The third kappa shape index (κ3) is 2.67. The number of aryl methyl sites for hydroxylation is 1. The lowest BCUT2D eigenvalue weighted by Gasteiger charge is -2.43. The van der Waals surface area contributed by atoms with Crippen LogP contribution in [0.1, 0.15) is 17.5 Å². The van der Waals surface area contributed by atoms with E-state index < -0.39 is 17.5 Å². The summed E-state index contributed by atoms with van der Waals surface area (Å²) in [4.78, 5) is 25.4. The van der Waals surface area contributed by atoms with Crippen LogP contribution in [0, 0.1) is 0 Å². The lowest BCUT2D eigenvalue weighted by molar-refractivity contribution is -0.157. The Hall–Kier alpha value is -2.34. The van der Waals surface area contributed by atoms with E-state index in [-0.39, 0.29) is 13.0 Å². The van der Waals surface area contributed by atoms with Crippen LogP contribution in [0.3, 0.4) is 0 Å². The van der Waals surface area contributed by atoms with Gasteiger partial charge in [0.05, 0.1) is 0 Å². The molecule has 24 heavy (non-hydrogen) atoms. The van der Waals surface area contributed by atoms with E-state index in [0.29, 0.717) is 12.1 Å². The van der Waals surface area contributed by atoms with E-state index in [9.17, 15) is 19.8 Å². The first-order valence-electron chi connectivity index (χ1n) is 7.52. The van der Waals surface area contributed by atoms with Crippen molar-refractivity contribution in [2.24, 2.45) is 0 Å². The highest BCUT2D eigenvalue weighted by atomic mass is 79.9. The topological polar surface area (TPSA) is 77.8 Å². The Kier molecular flexibility index (Phi) is 4.32. The number of rotatable bonds is 4. The van der Waals surface area contributed by atoms with Crippen molar-refractivity contribution >= 4 is 33.6 Å². The van der Waals surface area contributed by atoms with Gasteiger partial charge in [-0.05, 0) is 42.2 Å². The third-order valence-corrected chi connectivity index (χ3v) is 4.93. The number of hydrogen-bond acceptors (Lipinski definition) is 3. The smallest absolute Gasteiger partial charge is 0.341 e. The number of anilines is 1. The van der Waals surface area contributed by atoms with Gasteiger partial charge in [0.1, 0.15) is 0 Å². The predicted molar refractivity (Wildman–Crippen MR) is 93.1 cm³/mol. The number of carboxylic acids is 2. The van der Waals surface area contributed by atoms with Gasteiger partial charge in [-0.25, -0.2) is 9.59 Å². The van der Waals surface area contributed by atoms with Crippen LogP contribution < -0.4 is 4.90 Å². The van der Waals surface area contributed by atoms with Gasteiger partial charge in [0.2, 0.25) is 5.54 Å². The predicted octanol–water partition coefficient (Wildman–Crippen LogP) is 3.31. The van der Waals surface area contributed by atoms with Crippen molar-refractivity contribution in [1.82, 2.24) is 0 Å². The molecule has 0 bridgehead atoms. The fraction of sp³-hybridized carbons (Fsp3) is 0.222. The Balaban J connectivity index is 2.15. The zero-order valence-electron chi connectivity index (χ0n) is 12.8. The molecule has 0 atom stereocenters. The first-order valence-corrected chi connectivity index (χ1v) is 8.31. The van der Waals surface area contributed by atoms with Gasteiger partial charge in [-0.15, -0.1) is 0 Å². The van der Waals surface area contributed by atoms with Crippen LogP contribution in [0.25, 0.3) is 0 Å². The minimum Gasteiger partial charge on any atom is -0.479 e. The molecular formula is C18H16BrNO4. The van der Waals surface area contributed by atoms with Crippen LogP contribution >= 0.6 is 15.9 Å². The fourth-order valence-corrected chi connectivity index (χ4v) is 3.60. The molecule has 0 fully saturated rings. The molecule has 0 aromatic heterocycles. The van der Waals surface area contributed by atoms with Crippen LogP contribution in [0.15, 0.2) is 53.0 Å². The lowest BCUT2D eigenvalue weighted by atomic mass is 9.83. The molecule has 1 aliphatic heterocycles. The summed E-state index contributed by atoms with van der Waals surface area (Å²) in [5.74, 6) is -2.67. The van der Waals surface area contributed by atoms with E-state index in [1.54, 1.807) is 12.1 Å². The summed E-state index contributed by atoms with van der Waals surface area (Å²) in [6, 6.07) is 14.8. The van der Waals surface area contributed by atoms with Crippen molar-refractivity contribution in [2.75, 3.05) is 4.90 Å². The van der Waals surface area contributed by atoms with Crippen molar-refractivity contribution < 1.29 is 19.8 Å². The fourth-order valence-electron chi connectivity index (χ4n) is 3.20. The maximum atomic E-state index is 12.0. The molecule has 0 spiro atoms. The maximum absolute atomic E-state index is 12.0. The normalized spacial score (nSPS) is 15.6. The van der Waals surface area contributed by atoms with Gasteiger partial charge in [0.15, 0.2) is 0 Å². The van der Waals surface area contributed by atoms with Crippen molar-refractivity contribution in [3.05, 3.63) is 64.1 Å². The summed E-state index contributed by atoms with van der Waals surface area (Å²) in [6.07, 6.45) is 0.423. The molecule has 0 unspecified atom stereocenters. The summed E-state index contributed by atoms with van der Waals surface area (Å²) in [5, 5.41) is 19.5. The highest BCUT2D eigenvalue weighted by Crippen LogP contribution is 2.40. The molecule has 0 radical (unpaired) electrons. The van der Waals surface area contributed by atoms with Gasteiger partial charge >= 0.3 is 11.9 Å². The number of nitrogens with zero attached hydrogens (tertiary/aromatic N) is 1. The highest BCUT2D eigenvalue weighted by molar-refractivity contribution is 9.10. The molecule has 1 aliphatic rings. The molecule has 5 nitrogen and oxygen atoms in total. The van der Waals surface area contributed by atoms with Crippen LogP contribution in [0.2, 0.25) is 0 Å². The standard InChI is InChI=1S/C18H16BrNO4/c19-14-6-7-15-13(10-14)8-9-18(16(21)22,17(23)24)20(15)11-12-4-2-1-3-5-12/h1-7,10H,8-9,11H2,(H,21,22)(H,23,24). The van der Waals surface area contributed by atoms with E-state index in [2.05, 4.69) is 15.9 Å². The molecule has 124 valence electrons. The maximum Gasteiger partial charge on any atom is 0.341 e. The van der Waals surface area contributed by atoms with Crippen molar-refractivity contribution in [1.29, 1.82) is 0 Å². The quantitative estimate of drug-likeness (QED) is 0.784. The molecule has 3 rings (SSSR count). The number of hydrogen-bond donors (Lipinski definition) is 2. The molecule has 0 aliphatic carbocycles. The summed E-state index contributed by atoms with van der Waals surface area (Å²) in [5.41, 5.74) is 0.494. The summed E-state index contributed by atoms with van der Waals surface area (Å²) in [6.45, 7) is 0.216. The molecule has 2 N–H and O–H groups in total. The number of carboxylic acid groups (broad SMARTS) is 2. The van der Waals surface area contributed by atoms with Crippen LogP contribution in [-0.2, 0) is 22.6 Å². The summed E-state index contributed by atoms with van der Waals surface area (Å²) >= 11 is 3.41. The third-order valence-electron chi connectivity index (χ3n) is 4.44. The van der Waals surface area contributed by atoms with Gasteiger partial charge in [-0.2, -0.15) is 0 Å². The monoisotopic (exact) mass is 389 g/mol. The van der Waals surface area contributed by atoms with Crippen LogP contribution in [0.5, 0.6) is 0 Å². The zero-order chi connectivity index (χ0) is 17.3. The molecular weight excluding hydrogens is 374 g/mol. The molecule has 2 aromatic carbocycles. The Bertz CT molecular complexity index is 777. The first-order chi connectivity index (χ1) is 11.4. The minimum atomic E-state index is -1.96. The molecule has 0 saturated heterocycles. The van der Waals surface area contributed by atoms with E-state index in [4.69, 9.17) is 0 Å². The van der Waals surface area contributed by atoms with E-state index >= 15 is 0 Å². The summed E-state index contributed by atoms with van der Waals surface area (Å²) < 4.78 is 0.888. The minimum absolute atomic E-state index is 0.0218.